The first-order valence-corrected chi connectivity index (χ1v) is 11.0. The maximum absolute atomic E-state index is 13.3. The highest BCUT2D eigenvalue weighted by Crippen LogP contribution is 2.30. The summed E-state index contributed by atoms with van der Waals surface area (Å²) in [6.45, 7) is 7.58. The smallest absolute Gasteiger partial charge is 0.243 e. The molecule has 1 atom stereocenters. The molecule has 150 valence electrons. The van der Waals surface area contributed by atoms with Gasteiger partial charge in [-0.3, -0.25) is 0 Å². The van der Waals surface area contributed by atoms with Crippen LogP contribution in [-0.4, -0.2) is 43.4 Å². The van der Waals surface area contributed by atoms with Gasteiger partial charge < -0.3 is 10.3 Å². The third-order valence-corrected chi connectivity index (χ3v) is 6.66. The number of nitrogens with one attached hydrogen (secondary N) is 2. The summed E-state index contributed by atoms with van der Waals surface area (Å²) in [7, 11) is -3.49. The standard InChI is InChI=1S/C19H20FN3O2S.C2H6/c1-13-12-23(9-8-21-13)26(24,25)16-5-2-14(3-6-16)18-11-22-19-10-15(20)4-7-17(18)19;1-2/h2-7,10-11,13,21-22H,8-9,12H2,1H3;1-2H3/t13-;/m1./s1. The van der Waals surface area contributed by atoms with Crippen LogP contribution in [0.2, 0.25) is 0 Å². The molecule has 2 N–H and O–H groups in total. The van der Waals surface area contributed by atoms with Crippen molar-refractivity contribution >= 4 is 20.9 Å². The minimum atomic E-state index is -3.49. The van der Waals surface area contributed by atoms with Crippen LogP contribution < -0.4 is 5.32 Å². The molecule has 4 rings (SSSR count). The number of halogens is 1. The average Bonchev–Trinajstić information content (AvgIpc) is 3.12. The van der Waals surface area contributed by atoms with Crippen molar-refractivity contribution < 1.29 is 12.8 Å². The molecule has 1 aliphatic heterocycles. The molecule has 1 fully saturated rings. The quantitative estimate of drug-likeness (QED) is 0.695. The van der Waals surface area contributed by atoms with Crippen LogP contribution in [0.25, 0.3) is 22.0 Å². The van der Waals surface area contributed by atoms with Gasteiger partial charge in [0.25, 0.3) is 0 Å². The van der Waals surface area contributed by atoms with Crippen LogP contribution in [-0.2, 0) is 10.0 Å². The molecule has 0 unspecified atom stereocenters. The van der Waals surface area contributed by atoms with Gasteiger partial charge in [0.05, 0.1) is 4.90 Å². The van der Waals surface area contributed by atoms with Crippen molar-refractivity contribution in [1.82, 2.24) is 14.6 Å². The first kappa shape index (κ1) is 20.5. The van der Waals surface area contributed by atoms with E-state index in [0.717, 1.165) is 16.5 Å². The lowest BCUT2D eigenvalue weighted by Gasteiger charge is -2.31. The van der Waals surface area contributed by atoms with E-state index in [9.17, 15) is 12.8 Å². The van der Waals surface area contributed by atoms with Crippen molar-refractivity contribution in [2.45, 2.75) is 31.7 Å². The second kappa shape index (κ2) is 8.43. The summed E-state index contributed by atoms with van der Waals surface area (Å²) < 4.78 is 40.5. The second-order valence-corrected chi connectivity index (χ2v) is 8.57. The number of piperazine rings is 1. The molecule has 1 aliphatic rings. The van der Waals surface area contributed by atoms with E-state index in [-0.39, 0.29) is 11.9 Å². The molecule has 2 heterocycles. The number of nitrogens with zero attached hydrogens (tertiary/aromatic N) is 1. The molecule has 5 nitrogen and oxygen atoms in total. The predicted molar refractivity (Wildman–Crippen MR) is 111 cm³/mol. The van der Waals surface area contributed by atoms with Gasteiger partial charge in [0.2, 0.25) is 10.0 Å². The van der Waals surface area contributed by atoms with Crippen molar-refractivity contribution in [2.75, 3.05) is 19.6 Å². The molecule has 0 amide bonds. The lowest BCUT2D eigenvalue weighted by molar-refractivity contribution is 0.310. The van der Waals surface area contributed by atoms with Crippen molar-refractivity contribution in [3.05, 3.63) is 54.5 Å². The Hall–Kier alpha value is -2.22. The first-order chi connectivity index (χ1) is 13.4. The van der Waals surface area contributed by atoms with E-state index in [1.54, 1.807) is 30.3 Å². The van der Waals surface area contributed by atoms with Crippen LogP contribution in [0.15, 0.2) is 53.6 Å². The van der Waals surface area contributed by atoms with E-state index in [0.29, 0.717) is 30.0 Å². The van der Waals surface area contributed by atoms with E-state index < -0.39 is 10.0 Å². The van der Waals surface area contributed by atoms with Crippen molar-refractivity contribution in [3.8, 4) is 11.1 Å². The Balaban J connectivity index is 0.00000109. The van der Waals surface area contributed by atoms with Gasteiger partial charge in [0.1, 0.15) is 5.82 Å². The minimum Gasteiger partial charge on any atom is -0.360 e. The molecular formula is C21H26FN3O2S. The average molecular weight is 404 g/mol. The molecule has 0 spiro atoms. The Morgan fingerprint density at radius 1 is 1.11 bits per heavy atom. The van der Waals surface area contributed by atoms with E-state index in [4.69, 9.17) is 0 Å². The molecule has 0 radical (unpaired) electrons. The summed E-state index contributed by atoms with van der Waals surface area (Å²) in [5, 5.41) is 4.15. The van der Waals surface area contributed by atoms with Crippen LogP contribution in [0.3, 0.4) is 0 Å². The third kappa shape index (κ3) is 3.97. The molecule has 28 heavy (non-hydrogen) atoms. The van der Waals surface area contributed by atoms with Gasteiger partial charge in [0, 0.05) is 48.3 Å². The summed E-state index contributed by atoms with van der Waals surface area (Å²) in [4.78, 5) is 3.35. The number of aromatic nitrogens is 1. The number of sulfonamides is 1. The van der Waals surface area contributed by atoms with Crippen LogP contribution in [0.1, 0.15) is 20.8 Å². The Kier molecular flexibility index (Phi) is 6.17. The number of H-pyrrole nitrogens is 1. The van der Waals surface area contributed by atoms with E-state index in [2.05, 4.69) is 10.3 Å². The molecule has 3 aromatic rings. The fourth-order valence-electron chi connectivity index (χ4n) is 3.41. The highest BCUT2D eigenvalue weighted by Gasteiger charge is 2.28. The monoisotopic (exact) mass is 403 g/mol. The predicted octanol–water partition coefficient (Wildman–Crippen LogP) is 3.98. The summed E-state index contributed by atoms with van der Waals surface area (Å²) >= 11 is 0. The maximum Gasteiger partial charge on any atom is 0.243 e. The fraction of sp³-hybridized carbons (Fsp3) is 0.333. The normalized spacial score (nSPS) is 17.9. The summed E-state index contributed by atoms with van der Waals surface area (Å²) in [6.07, 6.45) is 1.81. The molecule has 0 saturated carbocycles. The van der Waals surface area contributed by atoms with Crippen molar-refractivity contribution in [1.29, 1.82) is 0 Å². The third-order valence-electron chi connectivity index (χ3n) is 4.78. The maximum atomic E-state index is 13.3. The van der Waals surface area contributed by atoms with Crippen LogP contribution in [0.4, 0.5) is 4.39 Å². The van der Waals surface area contributed by atoms with Gasteiger partial charge in [-0.1, -0.05) is 26.0 Å². The number of hydrogen-bond acceptors (Lipinski definition) is 3. The Labute approximate surface area is 165 Å². The topological polar surface area (TPSA) is 65.2 Å². The van der Waals surface area contributed by atoms with E-state index in [1.807, 2.05) is 27.0 Å². The minimum absolute atomic E-state index is 0.143. The van der Waals surface area contributed by atoms with E-state index in [1.165, 1.54) is 16.4 Å². The largest absolute Gasteiger partial charge is 0.360 e. The van der Waals surface area contributed by atoms with Crippen molar-refractivity contribution in [2.24, 2.45) is 0 Å². The molecular weight excluding hydrogens is 377 g/mol. The van der Waals surface area contributed by atoms with Gasteiger partial charge in [0.15, 0.2) is 0 Å². The lowest BCUT2D eigenvalue weighted by atomic mass is 10.1. The Morgan fingerprint density at radius 3 is 2.50 bits per heavy atom. The SMILES string of the molecule is CC.C[C@@H]1CN(S(=O)(=O)c2ccc(-c3c[nH]c4cc(F)ccc34)cc2)CCN1. The van der Waals surface area contributed by atoms with Gasteiger partial charge >= 0.3 is 0 Å². The fourth-order valence-corrected chi connectivity index (χ4v) is 4.94. The van der Waals surface area contributed by atoms with Crippen LogP contribution >= 0.6 is 0 Å². The molecule has 1 aromatic heterocycles. The number of fused-ring (bicyclic) bond motifs is 1. The zero-order chi connectivity index (χ0) is 20.3. The summed E-state index contributed by atoms with van der Waals surface area (Å²) in [5.74, 6) is -0.294. The highest BCUT2D eigenvalue weighted by atomic mass is 32.2. The van der Waals surface area contributed by atoms with Gasteiger partial charge in [-0.15, -0.1) is 0 Å². The lowest BCUT2D eigenvalue weighted by Crippen LogP contribution is -2.51. The van der Waals surface area contributed by atoms with Crippen molar-refractivity contribution in [3.63, 3.8) is 0 Å². The van der Waals surface area contributed by atoms with Gasteiger partial charge in [-0.2, -0.15) is 4.31 Å². The molecule has 0 aliphatic carbocycles. The molecule has 1 saturated heterocycles. The van der Waals surface area contributed by atoms with Crippen LogP contribution in [0.5, 0.6) is 0 Å². The first-order valence-electron chi connectivity index (χ1n) is 9.56. The van der Waals surface area contributed by atoms with Crippen LogP contribution in [0, 0.1) is 5.82 Å². The number of rotatable bonds is 3. The summed E-state index contributed by atoms with van der Waals surface area (Å²) in [6, 6.07) is 11.6. The molecule has 2 aromatic carbocycles. The Bertz CT molecular complexity index is 1050. The molecule has 7 heteroatoms. The highest BCUT2D eigenvalue weighted by molar-refractivity contribution is 7.89. The Morgan fingerprint density at radius 2 is 1.82 bits per heavy atom. The number of aromatic amines is 1. The summed E-state index contributed by atoms with van der Waals surface area (Å²) in [5.41, 5.74) is 2.52. The van der Waals surface area contributed by atoms with E-state index >= 15 is 0 Å². The number of benzene rings is 2. The zero-order valence-corrected chi connectivity index (χ0v) is 17.2. The second-order valence-electron chi connectivity index (χ2n) is 6.63. The zero-order valence-electron chi connectivity index (χ0n) is 16.4. The molecule has 0 bridgehead atoms. The van der Waals surface area contributed by atoms with Gasteiger partial charge in [-0.05, 0) is 42.8 Å². The van der Waals surface area contributed by atoms with Gasteiger partial charge in [-0.25, -0.2) is 12.8 Å². The number of hydrogen-bond donors (Lipinski definition) is 2.